The lowest BCUT2D eigenvalue weighted by atomic mass is 10.2. The summed E-state index contributed by atoms with van der Waals surface area (Å²) in [6.07, 6.45) is 0. The standard InChI is InChI=1S/C7H7IN2O2/c8-4-5-1-2-7(10(11)12)6(9)3-5/h1-3H,4,9H2. The Labute approximate surface area is 83.1 Å². The fraction of sp³-hybridized carbons (Fsp3) is 0.143. The number of nitrogens with zero attached hydrogens (tertiary/aromatic N) is 1. The molecular weight excluding hydrogens is 271 g/mol. The van der Waals surface area contributed by atoms with E-state index in [0.29, 0.717) is 0 Å². The number of nitro benzene ring substituents is 1. The van der Waals surface area contributed by atoms with Crippen LogP contribution < -0.4 is 5.73 Å². The normalized spacial score (nSPS) is 9.75. The van der Waals surface area contributed by atoms with Gasteiger partial charge in [-0.2, -0.15) is 0 Å². The second-order valence-corrected chi connectivity index (χ2v) is 3.05. The number of hydrogen-bond donors (Lipinski definition) is 1. The lowest BCUT2D eigenvalue weighted by molar-refractivity contribution is -0.383. The largest absolute Gasteiger partial charge is 0.393 e. The second kappa shape index (κ2) is 3.70. The van der Waals surface area contributed by atoms with Gasteiger partial charge in [-0.3, -0.25) is 10.1 Å². The highest BCUT2D eigenvalue weighted by Gasteiger charge is 2.09. The molecule has 4 nitrogen and oxygen atoms in total. The molecule has 0 aromatic heterocycles. The first-order valence-electron chi connectivity index (χ1n) is 3.24. The Balaban J connectivity index is 3.12. The number of nitrogens with two attached hydrogens (primary N) is 1. The topological polar surface area (TPSA) is 69.2 Å². The highest BCUT2D eigenvalue weighted by molar-refractivity contribution is 14.1. The Morgan fingerprint density at radius 3 is 2.67 bits per heavy atom. The van der Waals surface area contributed by atoms with Crippen molar-refractivity contribution in [1.29, 1.82) is 0 Å². The molecule has 0 saturated carbocycles. The van der Waals surface area contributed by atoms with Crippen molar-refractivity contribution in [2.24, 2.45) is 0 Å². The molecular formula is C7H7IN2O2. The van der Waals surface area contributed by atoms with Crippen LogP contribution in [-0.4, -0.2) is 4.92 Å². The van der Waals surface area contributed by atoms with Crippen molar-refractivity contribution in [2.75, 3.05) is 5.73 Å². The zero-order valence-electron chi connectivity index (χ0n) is 6.16. The Bertz CT molecular complexity index is 314. The molecule has 0 amide bonds. The molecule has 0 aliphatic rings. The van der Waals surface area contributed by atoms with Gasteiger partial charge in [0.05, 0.1) is 4.92 Å². The summed E-state index contributed by atoms with van der Waals surface area (Å²) >= 11 is 2.17. The van der Waals surface area contributed by atoms with Crippen LogP contribution in [0.1, 0.15) is 5.56 Å². The van der Waals surface area contributed by atoms with Crippen LogP contribution in [0.15, 0.2) is 18.2 Å². The zero-order valence-corrected chi connectivity index (χ0v) is 8.32. The summed E-state index contributed by atoms with van der Waals surface area (Å²) in [5.74, 6) is 0. The van der Waals surface area contributed by atoms with Crippen LogP contribution in [0.2, 0.25) is 0 Å². The molecule has 1 aromatic rings. The maximum atomic E-state index is 10.3. The summed E-state index contributed by atoms with van der Waals surface area (Å²) in [6, 6.07) is 4.77. The summed E-state index contributed by atoms with van der Waals surface area (Å²) < 4.78 is 0.806. The van der Waals surface area contributed by atoms with E-state index in [1.165, 1.54) is 6.07 Å². The van der Waals surface area contributed by atoms with Crippen LogP contribution in [0.3, 0.4) is 0 Å². The van der Waals surface area contributed by atoms with Crippen molar-refractivity contribution < 1.29 is 4.92 Å². The fourth-order valence-corrected chi connectivity index (χ4v) is 1.33. The van der Waals surface area contributed by atoms with E-state index in [9.17, 15) is 10.1 Å². The zero-order chi connectivity index (χ0) is 9.14. The predicted molar refractivity (Wildman–Crippen MR) is 55.2 cm³/mol. The summed E-state index contributed by atoms with van der Waals surface area (Å²) in [7, 11) is 0. The first-order valence-corrected chi connectivity index (χ1v) is 4.76. The maximum absolute atomic E-state index is 10.3. The molecule has 12 heavy (non-hydrogen) atoms. The van der Waals surface area contributed by atoms with Gasteiger partial charge in [-0.15, -0.1) is 0 Å². The smallest absolute Gasteiger partial charge is 0.292 e. The highest BCUT2D eigenvalue weighted by atomic mass is 127. The Kier molecular flexibility index (Phi) is 2.85. The first-order chi connectivity index (χ1) is 5.65. The molecule has 2 N–H and O–H groups in total. The van der Waals surface area contributed by atoms with E-state index in [4.69, 9.17) is 5.73 Å². The predicted octanol–water partition coefficient (Wildman–Crippen LogP) is 2.11. The quantitative estimate of drug-likeness (QED) is 0.296. The molecule has 0 aliphatic heterocycles. The molecule has 0 aliphatic carbocycles. The number of nitro groups is 1. The molecule has 0 unspecified atom stereocenters. The van der Waals surface area contributed by atoms with Gasteiger partial charge in [-0.1, -0.05) is 28.7 Å². The van der Waals surface area contributed by atoms with Gasteiger partial charge in [0.15, 0.2) is 0 Å². The molecule has 0 heterocycles. The van der Waals surface area contributed by atoms with Crippen LogP contribution in [0.4, 0.5) is 11.4 Å². The van der Waals surface area contributed by atoms with Gasteiger partial charge in [-0.25, -0.2) is 0 Å². The van der Waals surface area contributed by atoms with Crippen LogP contribution in [-0.2, 0) is 4.43 Å². The number of anilines is 1. The summed E-state index contributed by atoms with van der Waals surface area (Å²) in [4.78, 5) is 9.87. The first kappa shape index (κ1) is 9.24. The minimum absolute atomic E-state index is 0.0244. The third-order valence-corrected chi connectivity index (χ3v) is 2.32. The molecule has 1 aromatic carbocycles. The molecule has 64 valence electrons. The van der Waals surface area contributed by atoms with E-state index < -0.39 is 4.92 Å². The average molecular weight is 278 g/mol. The minimum Gasteiger partial charge on any atom is -0.393 e. The van der Waals surface area contributed by atoms with Crippen molar-refractivity contribution in [3.63, 3.8) is 0 Å². The van der Waals surface area contributed by atoms with Crippen LogP contribution in [0, 0.1) is 10.1 Å². The maximum Gasteiger partial charge on any atom is 0.292 e. The van der Waals surface area contributed by atoms with Gasteiger partial charge in [-0.05, 0) is 11.6 Å². The van der Waals surface area contributed by atoms with Crippen LogP contribution in [0.25, 0.3) is 0 Å². The van der Waals surface area contributed by atoms with E-state index in [1.807, 2.05) is 0 Å². The third-order valence-electron chi connectivity index (χ3n) is 1.44. The van der Waals surface area contributed by atoms with E-state index in [2.05, 4.69) is 22.6 Å². The SMILES string of the molecule is Nc1cc(CI)ccc1[N+](=O)[O-]. The van der Waals surface area contributed by atoms with E-state index in [1.54, 1.807) is 12.1 Å². The number of halogens is 1. The van der Waals surface area contributed by atoms with E-state index in [-0.39, 0.29) is 11.4 Å². The van der Waals surface area contributed by atoms with Crippen LogP contribution in [0.5, 0.6) is 0 Å². The highest BCUT2D eigenvalue weighted by Crippen LogP contribution is 2.22. The average Bonchev–Trinajstić information content (AvgIpc) is 2.03. The molecule has 0 spiro atoms. The summed E-state index contributed by atoms with van der Waals surface area (Å²) in [5.41, 5.74) is 6.66. The number of hydrogen-bond acceptors (Lipinski definition) is 3. The van der Waals surface area contributed by atoms with Gasteiger partial charge >= 0.3 is 0 Å². The third kappa shape index (κ3) is 1.84. The number of alkyl halides is 1. The Hall–Kier alpha value is -0.850. The monoisotopic (exact) mass is 278 g/mol. The van der Waals surface area contributed by atoms with Gasteiger partial charge < -0.3 is 5.73 Å². The van der Waals surface area contributed by atoms with Gasteiger partial charge in [0.25, 0.3) is 5.69 Å². The molecule has 0 fully saturated rings. The number of nitrogen functional groups attached to an aromatic ring is 1. The molecule has 0 radical (unpaired) electrons. The van der Waals surface area contributed by atoms with Gasteiger partial charge in [0.1, 0.15) is 5.69 Å². The van der Waals surface area contributed by atoms with E-state index >= 15 is 0 Å². The summed E-state index contributed by atoms with van der Waals surface area (Å²) in [5, 5.41) is 10.3. The lowest BCUT2D eigenvalue weighted by Gasteiger charge is -1.98. The molecule has 0 bridgehead atoms. The molecule has 5 heteroatoms. The Morgan fingerprint density at radius 2 is 2.25 bits per heavy atom. The van der Waals surface area contributed by atoms with E-state index in [0.717, 1.165) is 9.99 Å². The number of benzene rings is 1. The summed E-state index contributed by atoms with van der Waals surface area (Å²) in [6.45, 7) is 0. The van der Waals surface area contributed by atoms with Crippen molar-refractivity contribution in [3.05, 3.63) is 33.9 Å². The Morgan fingerprint density at radius 1 is 1.58 bits per heavy atom. The molecule has 0 saturated heterocycles. The molecule has 1 rings (SSSR count). The minimum atomic E-state index is -0.480. The van der Waals surface area contributed by atoms with Crippen LogP contribution >= 0.6 is 22.6 Å². The molecule has 0 atom stereocenters. The van der Waals surface area contributed by atoms with Gasteiger partial charge in [0, 0.05) is 10.5 Å². The van der Waals surface area contributed by atoms with Crippen molar-refractivity contribution in [1.82, 2.24) is 0 Å². The number of rotatable bonds is 2. The van der Waals surface area contributed by atoms with Crippen molar-refractivity contribution in [3.8, 4) is 0 Å². The van der Waals surface area contributed by atoms with Crippen molar-refractivity contribution >= 4 is 34.0 Å². The van der Waals surface area contributed by atoms with Crippen molar-refractivity contribution in [2.45, 2.75) is 4.43 Å². The fourth-order valence-electron chi connectivity index (χ4n) is 0.853. The van der Waals surface area contributed by atoms with Gasteiger partial charge in [0.2, 0.25) is 0 Å². The second-order valence-electron chi connectivity index (χ2n) is 2.28. The lowest BCUT2D eigenvalue weighted by Crippen LogP contribution is -1.95.